The highest BCUT2D eigenvalue weighted by Crippen LogP contribution is 2.29. The Labute approximate surface area is 177 Å². The van der Waals surface area contributed by atoms with Gasteiger partial charge >= 0.3 is 0 Å². The number of carbonyl (C=O) groups is 2. The molecule has 2 amide bonds. The third-order valence-corrected chi connectivity index (χ3v) is 5.13. The number of anilines is 2. The molecule has 3 rings (SSSR count). The van der Waals surface area contributed by atoms with Gasteiger partial charge in [-0.2, -0.15) is 0 Å². The van der Waals surface area contributed by atoms with Crippen LogP contribution in [0.4, 0.5) is 11.4 Å². The maximum absolute atomic E-state index is 12.8. The molecule has 0 aromatic heterocycles. The summed E-state index contributed by atoms with van der Waals surface area (Å²) in [5.74, 6) is 0.579. The van der Waals surface area contributed by atoms with Crippen LogP contribution in [0, 0.1) is 0 Å². The van der Waals surface area contributed by atoms with Crippen molar-refractivity contribution >= 4 is 23.2 Å². The average molecular weight is 412 g/mol. The predicted octanol–water partition coefficient (Wildman–Crippen LogP) is 3.70. The maximum atomic E-state index is 12.8. The largest absolute Gasteiger partial charge is 0.497 e. The molecule has 0 aliphatic carbocycles. The van der Waals surface area contributed by atoms with E-state index in [-0.39, 0.29) is 11.8 Å². The van der Waals surface area contributed by atoms with E-state index >= 15 is 0 Å². The smallest absolute Gasteiger partial charge is 0.259 e. The van der Waals surface area contributed by atoms with Crippen molar-refractivity contribution in [2.24, 2.45) is 0 Å². The lowest BCUT2D eigenvalue weighted by Gasteiger charge is -2.22. The fourth-order valence-corrected chi connectivity index (χ4v) is 3.55. The molecule has 7 heteroatoms. The van der Waals surface area contributed by atoms with Crippen LogP contribution in [0.1, 0.15) is 46.9 Å². The van der Waals surface area contributed by atoms with Crippen LogP contribution in [-0.4, -0.2) is 45.7 Å². The lowest BCUT2D eigenvalue weighted by molar-refractivity contribution is 0.0952. The van der Waals surface area contributed by atoms with E-state index in [1.807, 2.05) is 19.1 Å². The molecule has 1 heterocycles. The van der Waals surface area contributed by atoms with Crippen LogP contribution in [0.25, 0.3) is 0 Å². The molecule has 160 valence electrons. The van der Waals surface area contributed by atoms with Crippen LogP contribution in [0.2, 0.25) is 0 Å². The zero-order valence-corrected chi connectivity index (χ0v) is 17.8. The van der Waals surface area contributed by atoms with Crippen LogP contribution in [0.15, 0.2) is 36.4 Å². The highest BCUT2D eigenvalue weighted by atomic mass is 16.5. The van der Waals surface area contributed by atoms with Crippen molar-refractivity contribution in [1.82, 2.24) is 5.32 Å². The number of ether oxygens (including phenoxy) is 2. The van der Waals surface area contributed by atoms with Crippen molar-refractivity contribution in [3.8, 4) is 11.5 Å². The van der Waals surface area contributed by atoms with Gasteiger partial charge in [0, 0.05) is 37.1 Å². The molecule has 1 saturated heterocycles. The molecule has 2 N–H and O–H groups in total. The minimum absolute atomic E-state index is 0.128. The summed E-state index contributed by atoms with van der Waals surface area (Å²) < 4.78 is 10.5. The summed E-state index contributed by atoms with van der Waals surface area (Å²) in [5, 5.41) is 5.82. The summed E-state index contributed by atoms with van der Waals surface area (Å²) in [6, 6.07) is 10.5. The minimum atomic E-state index is -0.316. The molecule has 0 radical (unpaired) electrons. The Morgan fingerprint density at radius 1 is 0.967 bits per heavy atom. The number of nitrogens with zero attached hydrogens (tertiary/aromatic N) is 1. The molecule has 0 saturated carbocycles. The number of nitrogens with one attached hydrogen (secondary N) is 2. The van der Waals surface area contributed by atoms with Gasteiger partial charge in [-0.05, 0) is 49.6 Å². The Morgan fingerprint density at radius 3 is 2.40 bits per heavy atom. The number of carbonyl (C=O) groups excluding carboxylic acids is 2. The van der Waals surface area contributed by atoms with E-state index in [0.717, 1.165) is 38.0 Å². The second-order valence-corrected chi connectivity index (χ2v) is 7.20. The molecule has 0 bridgehead atoms. The van der Waals surface area contributed by atoms with E-state index in [2.05, 4.69) is 15.5 Å². The lowest BCUT2D eigenvalue weighted by Crippen LogP contribution is -2.28. The standard InChI is InChI=1S/C23H29N3O4/c1-4-11-24-22(27)19-14-16(7-10-20(19)26-12-5-6-13-26)25-23(28)18-9-8-17(29-2)15-21(18)30-3/h7-10,14-15H,4-6,11-13H2,1-3H3,(H,24,27)(H,25,28). The van der Waals surface area contributed by atoms with Crippen LogP contribution >= 0.6 is 0 Å². The normalized spacial score (nSPS) is 13.1. The molecule has 2 aromatic carbocycles. The van der Waals surface area contributed by atoms with Gasteiger partial charge in [0.15, 0.2) is 0 Å². The molecule has 0 unspecified atom stereocenters. The number of rotatable bonds is 8. The first-order valence-electron chi connectivity index (χ1n) is 10.3. The molecule has 1 fully saturated rings. The van der Waals surface area contributed by atoms with E-state index in [1.165, 1.54) is 7.11 Å². The summed E-state index contributed by atoms with van der Waals surface area (Å²) in [6.07, 6.45) is 3.09. The van der Waals surface area contributed by atoms with Gasteiger partial charge in [-0.25, -0.2) is 0 Å². The van der Waals surface area contributed by atoms with Gasteiger partial charge < -0.3 is 25.0 Å². The summed E-state index contributed by atoms with van der Waals surface area (Å²) in [5.41, 5.74) is 2.42. The van der Waals surface area contributed by atoms with Gasteiger partial charge in [0.2, 0.25) is 0 Å². The topological polar surface area (TPSA) is 79.9 Å². The Balaban J connectivity index is 1.87. The van der Waals surface area contributed by atoms with Crippen molar-refractivity contribution in [2.45, 2.75) is 26.2 Å². The van der Waals surface area contributed by atoms with Crippen LogP contribution < -0.4 is 25.0 Å². The maximum Gasteiger partial charge on any atom is 0.259 e. The van der Waals surface area contributed by atoms with Gasteiger partial charge in [0.1, 0.15) is 11.5 Å². The first kappa shape index (κ1) is 21.5. The van der Waals surface area contributed by atoms with Gasteiger partial charge in [-0.1, -0.05) is 6.92 Å². The number of methoxy groups -OCH3 is 2. The zero-order chi connectivity index (χ0) is 21.5. The second-order valence-electron chi connectivity index (χ2n) is 7.20. The first-order chi connectivity index (χ1) is 14.6. The third kappa shape index (κ3) is 4.84. The molecule has 0 atom stereocenters. The number of amides is 2. The average Bonchev–Trinajstić information content (AvgIpc) is 3.31. The van der Waals surface area contributed by atoms with Gasteiger partial charge in [-0.3, -0.25) is 9.59 Å². The highest BCUT2D eigenvalue weighted by molar-refractivity contribution is 6.08. The summed E-state index contributed by atoms with van der Waals surface area (Å²) in [7, 11) is 3.06. The van der Waals surface area contributed by atoms with Crippen molar-refractivity contribution < 1.29 is 19.1 Å². The van der Waals surface area contributed by atoms with Crippen LogP contribution in [0.3, 0.4) is 0 Å². The molecular weight excluding hydrogens is 382 g/mol. The van der Waals surface area contributed by atoms with Gasteiger partial charge in [-0.15, -0.1) is 0 Å². The number of benzene rings is 2. The fourth-order valence-electron chi connectivity index (χ4n) is 3.55. The highest BCUT2D eigenvalue weighted by Gasteiger charge is 2.21. The van der Waals surface area contributed by atoms with Crippen LogP contribution in [0.5, 0.6) is 11.5 Å². The first-order valence-corrected chi connectivity index (χ1v) is 10.3. The van der Waals surface area contributed by atoms with Gasteiger partial charge in [0.05, 0.1) is 25.3 Å². The summed E-state index contributed by atoms with van der Waals surface area (Å²) in [6.45, 7) is 4.49. The Hall–Kier alpha value is -3.22. The number of hydrogen-bond acceptors (Lipinski definition) is 5. The molecule has 30 heavy (non-hydrogen) atoms. The van der Waals surface area contributed by atoms with Crippen molar-refractivity contribution in [3.63, 3.8) is 0 Å². The van der Waals surface area contributed by atoms with Crippen molar-refractivity contribution in [2.75, 3.05) is 44.1 Å². The molecule has 1 aliphatic heterocycles. The monoisotopic (exact) mass is 411 g/mol. The second kappa shape index (κ2) is 10.0. The van der Waals surface area contributed by atoms with Crippen LogP contribution in [-0.2, 0) is 0 Å². The SMILES string of the molecule is CCCNC(=O)c1cc(NC(=O)c2ccc(OC)cc2OC)ccc1N1CCCC1. The van der Waals surface area contributed by atoms with E-state index in [1.54, 1.807) is 31.4 Å². The van der Waals surface area contributed by atoms with Crippen molar-refractivity contribution in [3.05, 3.63) is 47.5 Å². The molecule has 2 aromatic rings. The quantitative estimate of drug-likeness (QED) is 0.692. The van der Waals surface area contributed by atoms with E-state index in [0.29, 0.717) is 34.9 Å². The van der Waals surface area contributed by atoms with E-state index in [4.69, 9.17) is 9.47 Å². The fraction of sp³-hybridized carbons (Fsp3) is 0.391. The minimum Gasteiger partial charge on any atom is -0.497 e. The Kier molecular flexibility index (Phi) is 7.17. The Bertz CT molecular complexity index is 907. The van der Waals surface area contributed by atoms with E-state index < -0.39 is 0 Å². The molecule has 1 aliphatic rings. The van der Waals surface area contributed by atoms with Gasteiger partial charge in [0.25, 0.3) is 11.8 Å². The van der Waals surface area contributed by atoms with Crippen molar-refractivity contribution in [1.29, 1.82) is 0 Å². The number of hydrogen-bond donors (Lipinski definition) is 2. The summed E-state index contributed by atoms with van der Waals surface area (Å²) in [4.78, 5) is 27.8. The molecule has 7 nitrogen and oxygen atoms in total. The predicted molar refractivity (Wildman–Crippen MR) is 118 cm³/mol. The molecular formula is C23H29N3O4. The molecule has 0 spiro atoms. The summed E-state index contributed by atoms with van der Waals surface area (Å²) >= 11 is 0. The third-order valence-electron chi connectivity index (χ3n) is 5.13. The zero-order valence-electron chi connectivity index (χ0n) is 17.8. The Morgan fingerprint density at radius 2 is 1.73 bits per heavy atom. The van der Waals surface area contributed by atoms with E-state index in [9.17, 15) is 9.59 Å². The lowest BCUT2D eigenvalue weighted by atomic mass is 10.1.